The predicted octanol–water partition coefficient (Wildman–Crippen LogP) is 1.16. The number of pyridine rings is 1. The maximum atomic E-state index is 11.0. The highest BCUT2D eigenvalue weighted by atomic mass is 16.6. The maximum absolute atomic E-state index is 11.0. The minimum atomic E-state index is -1.12. The average Bonchev–Trinajstić information content (AvgIpc) is 2.36. The molecule has 0 saturated heterocycles. The summed E-state index contributed by atoms with van der Waals surface area (Å²) in [6, 6.07) is 2.94. The fraction of sp³-hybridized carbons (Fsp3) is 0.364. The van der Waals surface area contributed by atoms with Crippen LogP contribution in [-0.4, -0.2) is 34.1 Å². The predicted molar refractivity (Wildman–Crippen MR) is 65.7 cm³/mol. The van der Waals surface area contributed by atoms with Gasteiger partial charge in [0.2, 0.25) is 5.82 Å². The Hall–Kier alpha value is -2.69. The van der Waals surface area contributed by atoms with E-state index in [1.54, 1.807) is 6.07 Å². The van der Waals surface area contributed by atoms with Gasteiger partial charge in [0.05, 0.1) is 4.92 Å². The lowest BCUT2D eigenvalue weighted by Crippen LogP contribution is -2.31. The third-order valence-electron chi connectivity index (χ3n) is 2.33. The molecular formula is C11H12N4O4. The van der Waals surface area contributed by atoms with Crippen LogP contribution in [0.5, 0.6) is 0 Å². The summed E-state index contributed by atoms with van der Waals surface area (Å²) in [5, 5.41) is 28.7. The molecular weight excluding hydrogens is 252 g/mol. The monoisotopic (exact) mass is 264 g/mol. The summed E-state index contributed by atoms with van der Waals surface area (Å²) in [4.78, 5) is 26.2. The zero-order valence-electron chi connectivity index (χ0n) is 10.2. The van der Waals surface area contributed by atoms with Gasteiger partial charge >= 0.3 is 11.7 Å². The van der Waals surface area contributed by atoms with Gasteiger partial charge < -0.3 is 10.0 Å². The van der Waals surface area contributed by atoms with E-state index in [-0.39, 0.29) is 11.4 Å². The first-order valence-electron chi connectivity index (χ1n) is 5.51. The Morgan fingerprint density at radius 3 is 2.84 bits per heavy atom. The smallest absolute Gasteiger partial charge is 0.329 e. The third kappa shape index (κ3) is 3.38. The van der Waals surface area contributed by atoms with E-state index < -0.39 is 23.1 Å². The Morgan fingerprint density at radius 1 is 1.68 bits per heavy atom. The SMILES string of the molecule is CCCN(CC(=O)O)c1nccc(C#N)c1[N+](=O)[O-]. The van der Waals surface area contributed by atoms with Gasteiger partial charge in [-0.15, -0.1) is 0 Å². The van der Waals surface area contributed by atoms with Gasteiger partial charge in [0.25, 0.3) is 0 Å². The molecule has 0 aliphatic rings. The number of anilines is 1. The highest BCUT2D eigenvalue weighted by molar-refractivity contribution is 5.76. The van der Waals surface area contributed by atoms with Gasteiger partial charge in [-0.25, -0.2) is 4.98 Å². The third-order valence-corrected chi connectivity index (χ3v) is 2.33. The van der Waals surface area contributed by atoms with Gasteiger partial charge in [-0.05, 0) is 12.5 Å². The van der Waals surface area contributed by atoms with Crippen molar-refractivity contribution in [2.24, 2.45) is 0 Å². The Morgan fingerprint density at radius 2 is 2.37 bits per heavy atom. The number of aliphatic carboxylic acids is 1. The minimum Gasteiger partial charge on any atom is -0.480 e. The van der Waals surface area contributed by atoms with Crippen molar-refractivity contribution < 1.29 is 14.8 Å². The molecule has 100 valence electrons. The van der Waals surface area contributed by atoms with Crippen LogP contribution in [0.25, 0.3) is 0 Å². The summed E-state index contributed by atoms with van der Waals surface area (Å²) >= 11 is 0. The number of nitriles is 1. The van der Waals surface area contributed by atoms with Crippen LogP contribution in [0.2, 0.25) is 0 Å². The molecule has 0 saturated carbocycles. The molecule has 1 aromatic rings. The number of nitrogens with zero attached hydrogens (tertiary/aromatic N) is 4. The van der Waals surface area contributed by atoms with Crippen LogP contribution in [0.4, 0.5) is 11.5 Å². The summed E-state index contributed by atoms with van der Waals surface area (Å²) in [6.45, 7) is 1.71. The van der Waals surface area contributed by atoms with Crippen LogP contribution in [0.1, 0.15) is 18.9 Å². The lowest BCUT2D eigenvalue weighted by molar-refractivity contribution is -0.384. The summed E-state index contributed by atoms with van der Waals surface area (Å²) < 4.78 is 0. The lowest BCUT2D eigenvalue weighted by Gasteiger charge is -2.20. The Labute approximate surface area is 109 Å². The molecule has 0 aromatic carbocycles. The van der Waals surface area contributed by atoms with E-state index in [0.29, 0.717) is 13.0 Å². The summed E-state index contributed by atoms with van der Waals surface area (Å²) in [5.41, 5.74) is -0.596. The molecule has 19 heavy (non-hydrogen) atoms. The topological polar surface area (TPSA) is 120 Å². The van der Waals surface area contributed by atoms with E-state index in [1.165, 1.54) is 17.2 Å². The Balaban J connectivity index is 3.33. The van der Waals surface area contributed by atoms with Crippen molar-refractivity contribution in [1.82, 2.24) is 4.98 Å². The summed E-state index contributed by atoms with van der Waals surface area (Å²) in [6.07, 6.45) is 1.86. The lowest BCUT2D eigenvalue weighted by atomic mass is 10.2. The molecule has 1 N–H and O–H groups in total. The molecule has 8 nitrogen and oxygen atoms in total. The molecule has 0 bridgehead atoms. The van der Waals surface area contributed by atoms with E-state index in [2.05, 4.69) is 4.98 Å². The molecule has 8 heteroatoms. The maximum Gasteiger partial charge on any atom is 0.329 e. The van der Waals surface area contributed by atoms with Crippen LogP contribution in [0, 0.1) is 21.4 Å². The molecule has 0 fully saturated rings. The zero-order valence-corrected chi connectivity index (χ0v) is 10.2. The van der Waals surface area contributed by atoms with Crippen molar-refractivity contribution >= 4 is 17.5 Å². The molecule has 1 aromatic heterocycles. The van der Waals surface area contributed by atoms with E-state index in [9.17, 15) is 14.9 Å². The zero-order chi connectivity index (χ0) is 14.4. The second kappa shape index (κ2) is 6.30. The first-order chi connectivity index (χ1) is 9.01. The van der Waals surface area contributed by atoms with E-state index >= 15 is 0 Å². The standard InChI is InChI=1S/C11H12N4O4/c1-2-5-14(7-9(16)17)11-10(15(18)19)8(6-12)3-4-13-11/h3-4H,2,5,7H2,1H3,(H,16,17). The molecule has 0 radical (unpaired) electrons. The number of rotatable bonds is 6. The number of aromatic nitrogens is 1. The number of carboxylic acid groups (broad SMARTS) is 1. The molecule has 0 unspecified atom stereocenters. The average molecular weight is 264 g/mol. The van der Waals surface area contributed by atoms with E-state index in [4.69, 9.17) is 10.4 Å². The molecule has 0 amide bonds. The fourth-order valence-electron chi connectivity index (χ4n) is 1.64. The molecule has 0 aliphatic carbocycles. The highest BCUT2D eigenvalue weighted by Crippen LogP contribution is 2.28. The first-order valence-corrected chi connectivity index (χ1v) is 5.51. The van der Waals surface area contributed by atoms with Gasteiger partial charge in [-0.3, -0.25) is 14.9 Å². The number of hydrogen-bond donors (Lipinski definition) is 1. The van der Waals surface area contributed by atoms with Crippen LogP contribution in [0.3, 0.4) is 0 Å². The Bertz CT molecular complexity index is 538. The van der Waals surface area contributed by atoms with Crippen molar-refractivity contribution in [3.05, 3.63) is 27.9 Å². The van der Waals surface area contributed by atoms with Gasteiger partial charge in [0.15, 0.2) is 0 Å². The van der Waals surface area contributed by atoms with Crippen molar-refractivity contribution in [3.8, 4) is 6.07 Å². The molecule has 0 aliphatic heterocycles. The van der Waals surface area contributed by atoms with Crippen LogP contribution in [0.15, 0.2) is 12.3 Å². The number of nitro groups is 1. The fourth-order valence-corrected chi connectivity index (χ4v) is 1.64. The quantitative estimate of drug-likeness (QED) is 0.604. The molecule has 1 rings (SSSR count). The summed E-state index contributed by atoms with van der Waals surface area (Å²) in [7, 11) is 0. The highest BCUT2D eigenvalue weighted by Gasteiger charge is 2.26. The Kier molecular flexibility index (Phi) is 4.76. The molecule has 1 heterocycles. The van der Waals surface area contributed by atoms with Gasteiger partial charge in [0, 0.05) is 12.7 Å². The molecule has 0 atom stereocenters. The number of carbonyl (C=O) groups is 1. The molecule has 0 spiro atoms. The number of carboxylic acids is 1. The van der Waals surface area contributed by atoms with Crippen molar-refractivity contribution in [3.63, 3.8) is 0 Å². The minimum absolute atomic E-state index is 0.0895. The van der Waals surface area contributed by atoms with Crippen molar-refractivity contribution in [1.29, 1.82) is 5.26 Å². The van der Waals surface area contributed by atoms with Gasteiger partial charge in [-0.2, -0.15) is 5.26 Å². The first kappa shape index (κ1) is 14.4. The van der Waals surface area contributed by atoms with Crippen LogP contribution in [-0.2, 0) is 4.79 Å². The van der Waals surface area contributed by atoms with Crippen molar-refractivity contribution in [2.45, 2.75) is 13.3 Å². The largest absolute Gasteiger partial charge is 0.480 e. The van der Waals surface area contributed by atoms with Crippen molar-refractivity contribution in [2.75, 3.05) is 18.0 Å². The van der Waals surface area contributed by atoms with Gasteiger partial charge in [-0.1, -0.05) is 6.92 Å². The van der Waals surface area contributed by atoms with Crippen LogP contribution < -0.4 is 4.90 Å². The number of hydrogen-bond acceptors (Lipinski definition) is 6. The van der Waals surface area contributed by atoms with Gasteiger partial charge in [0.1, 0.15) is 18.2 Å². The van der Waals surface area contributed by atoms with E-state index in [1.807, 2.05) is 6.92 Å². The van der Waals surface area contributed by atoms with E-state index in [0.717, 1.165) is 0 Å². The normalized spacial score (nSPS) is 9.68. The second-order valence-electron chi connectivity index (χ2n) is 3.71. The van der Waals surface area contributed by atoms with Crippen LogP contribution >= 0.6 is 0 Å². The summed E-state index contributed by atoms with van der Waals surface area (Å²) in [5.74, 6) is -1.21. The second-order valence-corrected chi connectivity index (χ2v) is 3.71.